The topological polar surface area (TPSA) is 36.4 Å². The van der Waals surface area contributed by atoms with Gasteiger partial charge in [-0.1, -0.05) is 55.7 Å². The summed E-state index contributed by atoms with van der Waals surface area (Å²) in [5.74, 6) is 1.12. The van der Waals surface area contributed by atoms with Gasteiger partial charge in [-0.3, -0.25) is 0 Å². The molecular weight excluding hydrogens is 306 g/mol. The fraction of sp³-hybridized carbons (Fsp3) is 0.409. The summed E-state index contributed by atoms with van der Waals surface area (Å²) >= 11 is 0. The van der Waals surface area contributed by atoms with Gasteiger partial charge in [0.1, 0.15) is 5.84 Å². The minimum atomic E-state index is -0.0275. The molecular formula is C22H27N3. The summed E-state index contributed by atoms with van der Waals surface area (Å²) in [5, 5.41) is 7.56. The van der Waals surface area contributed by atoms with Crippen molar-refractivity contribution in [2.75, 3.05) is 5.32 Å². The molecule has 25 heavy (non-hydrogen) atoms. The number of nitrogens with one attached hydrogen (secondary N) is 2. The minimum Gasteiger partial charge on any atom is -0.371 e. The van der Waals surface area contributed by atoms with Gasteiger partial charge in [-0.15, -0.1) is 0 Å². The second kappa shape index (κ2) is 6.55. The van der Waals surface area contributed by atoms with Gasteiger partial charge < -0.3 is 10.6 Å². The third-order valence-corrected chi connectivity index (χ3v) is 5.51. The first kappa shape index (κ1) is 16.2. The number of aryl methyl sites for hydroxylation is 2. The van der Waals surface area contributed by atoms with Crippen LogP contribution in [0, 0.1) is 13.8 Å². The predicted octanol–water partition coefficient (Wildman–Crippen LogP) is 5.25. The van der Waals surface area contributed by atoms with Crippen LogP contribution in [0.4, 0.5) is 11.4 Å². The Hall–Kier alpha value is -2.29. The van der Waals surface area contributed by atoms with Crippen molar-refractivity contribution in [1.29, 1.82) is 0 Å². The molecule has 1 saturated carbocycles. The quantitative estimate of drug-likeness (QED) is 0.787. The van der Waals surface area contributed by atoms with Crippen LogP contribution in [0.15, 0.2) is 47.5 Å². The molecule has 1 spiro atoms. The Labute approximate surface area is 150 Å². The maximum atomic E-state index is 5.12. The van der Waals surface area contributed by atoms with E-state index in [-0.39, 0.29) is 5.54 Å². The molecule has 1 heterocycles. The highest BCUT2D eigenvalue weighted by molar-refractivity contribution is 6.01. The third kappa shape index (κ3) is 3.15. The average Bonchev–Trinajstić information content (AvgIpc) is 2.61. The number of hydrogen-bond acceptors (Lipinski definition) is 3. The molecule has 1 fully saturated rings. The Morgan fingerprint density at radius 3 is 2.56 bits per heavy atom. The van der Waals surface area contributed by atoms with Crippen molar-refractivity contribution in [3.05, 3.63) is 59.2 Å². The third-order valence-electron chi connectivity index (χ3n) is 5.51. The van der Waals surface area contributed by atoms with Gasteiger partial charge in [-0.2, -0.15) is 0 Å². The van der Waals surface area contributed by atoms with E-state index in [9.17, 15) is 0 Å². The minimum absolute atomic E-state index is 0.0275. The molecule has 0 aromatic heterocycles. The van der Waals surface area contributed by atoms with Gasteiger partial charge in [0.15, 0.2) is 0 Å². The highest BCUT2D eigenvalue weighted by Gasteiger charge is 2.40. The summed E-state index contributed by atoms with van der Waals surface area (Å²) in [4.78, 5) is 5.12. The summed E-state index contributed by atoms with van der Waals surface area (Å²) in [6, 6.07) is 15.1. The fourth-order valence-electron chi connectivity index (χ4n) is 4.25. The molecule has 3 heteroatoms. The Kier molecular flexibility index (Phi) is 4.24. The number of fused-ring (bicyclic) bond motifs is 1. The first-order valence-electron chi connectivity index (χ1n) is 9.43. The SMILES string of the molecule is Cc1cc(C)c2c(c1)NC1(CCCCC1)C(NCc1ccccc1)=N2. The van der Waals surface area contributed by atoms with Crippen LogP contribution in [0.5, 0.6) is 0 Å². The van der Waals surface area contributed by atoms with E-state index in [2.05, 4.69) is 66.9 Å². The number of rotatable bonds is 2. The molecule has 2 N–H and O–H groups in total. The predicted molar refractivity (Wildman–Crippen MR) is 106 cm³/mol. The smallest absolute Gasteiger partial charge is 0.128 e. The second-order valence-corrected chi connectivity index (χ2v) is 7.55. The van der Waals surface area contributed by atoms with Crippen LogP contribution in [0.1, 0.15) is 48.8 Å². The number of hydrogen-bond donors (Lipinski definition) is 2. The Morgan fingerprint density at radius 2 is 1.80 bits per heavy atom. The van der Waals surface area contributed by atoms with Crippen LogP contribution >= 0.6 is 0 Å². The van der Waals surface area contributed by atoms with Gasteiger partial charge in [-0.05, 0) is 49.4 Å². The van der Waals surface area contributed by atoms with Crippen molar-refractivity contribution < 1.29 is 0 Å². The molecule has 2 aromatic carbocycles. The van der Waals surface area contributed by atoms with Crippen molar-refractivity contribution in [3.8, 4) is 0 Å². The molecule has 0 atom stereocenters. The molecule has 1 aliphatic carbocycles. The number of amidine groups is 1. The molecule has 0 amide bonds. The Morgan fingerprint density at radius 1 is 1.04 bits per heavy atom. The average molecular weight is 333 g/mol. The number of nitrogens with zero attached hydrogens (tertiary/aromatic N) is 1. The Bertz CT molecular complexity index is 786. The van der Waals surface area contributed by atoms with Gasteiger partial charge in [0.25, 0.3) is 0 Å². The van der Waals surface area contributed by atoms with Crippen LogP contribution < -0.4 is 10.6 Å². The fourth-order valence-corrected chi connectivity index (χ4v) is 4.25. The van der Waals surface area contributed by atoms with E-state index in [1.807, 2.05) is 0 Å². The van der Waals surface area contributed by atoms with Gasteiger partial charge in [-0.25, -0.2) is 4.99 Å². The van der Waals surface area contributed by atoms with Crippen molar-refractivity contribution in [2.24, 2.45) is 4.99 Å². The van der Waals surface area contributed by atoms with Gasteiger partial charge in [0.05, 0.1) is 16.9 Å². The first-order chi connectivity index (χ1) is 12.2. The number of benzene rings is 2. The van der Waals surface area contributed by atoms with Crippen molar-refractivity contribution in [3.63, 3.8) is 0 Å². The number of anilines is 1. The lowest BCUT2D eigenvalue weighted by Gasteiger charge is -2.43. The summed E-state index contributed by atoms with van der Waals surface area (Å²) in [6.07, 6.45) is 6.16. The summed E-state index contributed by atoms with van der Waals surface area (Å²) in [7, 11) is 0. The zero-order valence-corrected chi connectivity index (χ0v) is 15.2. The van der Waals surface area contributed by atoms with Gasteiger partial charge in [0, 0.05) is 6.54 Å². The van der Waals surface area contributed by atoms with Crippen LogP contribution in [-0.4, -0.2) is 11.4 Å². The van der Waals surface area contributed by atoms with E-state index in [4.69, 9.17) is 4.99 Å². The molecule has 2 aliphatic rings. The van der Waals surface area contributed by atoms with Crippen molar-refractivity contribution in [1.82, 2.24) is 5.32 Å². The molecule has 3 nitrogen and oxygen atoms in total. The van der Waals surface area contributed by atoms with Crippen molar-refractivity contribution in [2.45, 2.75) is 58.0 Å². The van der Waals surface area contributed by atoms with E-state index < -0.39 is 0 Å². The second-order valence-electron chi connectivity index (χ2n) is 7.55. The van der Waals surface area contributed by atoms with E-state index in [0.717, 1.165) is 30.9 Å². The van der Waals surface area contributed by atoms with Gasteiger partial charge in [0.2, 0.25) is 0 Å². The molecule has 2 aromatic rings. The summed E-state index contributed by atoms with van der Waals surface area (Å²) in [5.41, 5.74) is 6.10. The van der Waals surface area contributed by atoms with Crippen LogP contribution in [0.2, 0.25) is 0 Å². The zero-order chi connectivity index (χ0) is 17.3. The molecule has 0 unspecified atom stereocenters. The van der Waals surface area contributed by atoms with E-state index >= 15 is 0 Å². The van der Waals surface area contributed by atoms with Crippen LogP contribution in [-0.2, 0) is 6.54 Å². The molecule has 0 bridgehead atoms. The normalized spacial score (nSPS) is 18.2. The van der Waals surface area contributed by atoms with E-state index in [1.54, 1.807) is 0 Å². The lowest BCUT2D eigenvalue weighted by atomic mass is 9.79. The van der Waals surface area contributed by atoms with Crippen molar-refractivity contribution >= 4 is 17.2 Å². The molecule has 130 valence electrons. The standard InChI is InChI=1S/C22H27N3/c1-16-13-17(2)20-19(14-16)25-22(11-7-4-8-12-22)21(24-20)23-15-18-9-5-3-6-10-18/h3,5-6,9-10,13-14,25H,4,7-8,11-12,15H2,1-2H3,(H,23,24). The molecule has 0 saturated heterocycles. The van der Waals surface area contributed by atoms with Crippen LogP contribution in [0.25, 0.3) is 0 Å². The molecule has 1 aliphatic heterocycles. The maximum Gasteiger partial charge on any atom is 0.128 e. The molecule has 0 radical (unpaired) electrons. The summed E-state index contributed by atoms with van der Waals surface area (Å²) in [6.45, 7) is 5.14. The lowest BCUT2D eigenvalue weighted by Crippen LogP contribution is -2.54. The number of aliphatic imine (C=N–C) groups is 1. The van der Waals surface area contributed by atoms with Crippen LogP contribution in [0.3, 0.4) is 0 Å². The zero-order valence-electron chi connectivity index (χ0n) is 15.2. The molecule has 4 rings (SSSR count). The van der Waals surface area contributed by atoms with Gasteiger partial charge >= 0.3 is 0 Å². The Balaban J connectivity index is 1.69. The maximum absolute atomic E-state index is 5.12. The monoisotopic (exact) mass is 333 g/mol. The van der Waals surface area contributed by atoms with E-state index in [0.29, 0.717) is 0 Å². The highest BCUT2D eigenvalue weighted by Crippen LogP contribution is 2.42. The lowest BCUT2D eigenvalue weighted by molar-refractivity contribution is 0.396. The van der Waals surface area contributed by atoms with E-state index in [1.165, 1.54) is 41.6 Å². The summed E-state index contributed by atoms with van der Waals surface area (Å²) < 4.78 is 0. The largest absolute Gasteiger partial charge is 0.371 e. The first-order valence-corrected chi connectivity index (χ1v) is 9.43. The highest BCUT2D eigenvalue weighted by atomic mass is 15.2.